The minimum Gasteiger partial charge on any atom is -0.152 e. The monoisotopic (exact) mass is 116 g/mol. The van der Waals surface area contributed by atoms with Crippen molar-refractivity contribution in [2.45, 2.75) is 20.8 Å². The molecule has 0 saturated carbocycles. The predicted molar refractivity (Wildman–Crippen MR) is 37.6 cm³/mol. The quantitative estimate of drug-likeness (QED) is 0.462. The second-order valence-electron chi connectivity index (χ2n) is 2.68. The van der Waals surface area contributed by atoms with Gasteiger partial charge in [-0.2, -0.15) is 12.6 Å². The number of rotatable bonds is 0. The van der Waals surface area contributed by atoms with Crippen LogP contribution >= 0.6 is 12.6 Å². The van der Waals surface area contributed by atoms with E-state index in [1.165, 1.54) is 0 Å². The molecule has 0 aromatic rings. The van der Waals surface area contributed by atoms with Gasteiger partial charge in [-0.15, -0.1) is 0 Å². The Labute approximate surface area is 51.0 Å². The normalized spacial score (nSPS) is 13.1. The second kappa shape index (κ2) is 2.41. The lowest BCUT2D eigenvalue weighted by Gasteiger charge is -2.09. The van der Waals surface area contributed by atoms with Crippen LogP contribution in [0.3, 0.4) is 0 Å². The van der Waals surface area contributed by atoms with E-state index in [-0.39, 0.29) is 0 Å². The first-order chi connectivity index (χ1) is 3.06. The van der Waals surface area contributed by atoms with Crippen LogP contribution in [0.25, 0.3) is 0 Å². The molecule has 1 heteroatoms. The van der Waals surface area contributed by atoms with Crippen LogP contribution < -0.4 is 0 Å². The van der Waals surface area contributed by atoms with Gasteiger partial charge in [0.05, 0.1) is 0 Å². The molecule has 0 aliphatic rings. The largest absolute Gasteiger partial charge is 0.152 e. The van der Waals surface area contributed by atoms with Crippen molar-refractivity contribution >= 4 is 12.6 Å². The molecule has 0 aliphatic carbocycles. The SMILES string of the molecule is CC(C)(C)/C=C\S. The van der Waals surface area contributed by atoms with Crippen LogP contribution in [0.15, 0.2) is 11.5 Å². The van der Waals surface area contributed by atoms with E-state index in [2.05, 4.69) is 39.5 Å². The lowest BCUT2D eigenvalue weighted by Crippen LogP contribution is -1.97. The zero-order valence-corrected chi connectivity index (χ0v) is 6.00. The van der Waals surface area contributed by atoms with Gasteiger partial charge in [0.2, 0.25) is 0 Å². The summed E-state index contributed by atoms with van der Waals surface area (Å²) in [7, 11) is 0. The van der Waals surface area contributed by atoms with Crippen LogP contribution in [-0.2, 0) is 0 Å². The molecule has 7 heavy (non-hydrogen) atoms. The van der Waals surface area contributed by atoms with Gasteiger partial charge in [0.25, 0.3) is 0 Å². The fourth-order valence-electron chi connectivity index (χ4n) is 0.224. The van der Waals surface area contributed by atoms with Crippen LogP contribution in [0.2, 0.25) is 0 Å². The Bertz CT molecular complexity index is 66.7. The molecule has 0 unspecified atom stereocenters. The minimum absolute atomic E-state index is 0.293. The standard InChI is InChI=1S/C6H12S/c1-6(2,3)4-5-7/h4-5,7H,1-3H3/b5-4-. The Morgan fingerprint density at radius 2 is 1.71 bits per heavy atom. The molecule has 42 valence electrons. The molecule has 0 radical (unpaired) electrons. The maximum Gasteiger partial charge on any atom is -0.0195 e. The molecular weight excluding hydrogens is 104 g/mol. The molecule has 0 nitrogen and oxygen atoms in total. The molecule has 0 atom stereocenters. The molecule has 0 saturated heterocycles. The van der Waals surface area contributed by atoms with E-state index in [9.17, 15) is 0 Å². The average Bonchev–Trinajstić information content (AvgIpc) is 1.30. The van der Waals surface area contributed by atoms with Crippen molar-refractivity contribution in [1.82, 2.24) is 0 Å². The van der Waals surface area contributed by atoms with Crippen molar-refractivity contribution in [2.75, 3.05) is 0 Å². The Balaban J connectivity index is 3.56. The molecule has 0 fully saturated rings. The zero-order valence-electron chi connectivity index (χ0n) is 5.10. The second-order valence-corrected chi connectivity index (χ2v) is 2.98. The Morgan fingerprint density at radius 3 is 1.71 bits per heavy atom. The molecule has 0 N–H and O–H groups in total. The average molecular weight is 116 g/mol. The van der Waals surface area contributed by atoms with Gasteiger partial charge in [0, 0.05) is 0 Å². The lowest BCUT2D eigenvalue weighted by atomic mass is 9.98. The summed E-state index contributed by atoms with van der Waals surface area (Å²) >= 11 is 3.93. The molecule has 0 aliphatic heterocycles. The maximum absolute atomic E-state index is 3.93. The number of thiol groups is 1. The number of hydrogen-bond acceptors (Lipinski definition) is 1. The van der Waals surface area contributed by atoms with Crippen LogP contribution in [0.4, 0.5) is 0 Å². The van der Waals surface area contributed by atoms with E-state index in [0.717, 1.165) is 0 Å². The highest BCUT2D eigenvalue weighted by atomic mass is 32.1. The molecular formula is C6H12S. The summed E-state index contributed by atoms with van der Waals surface area (Å²) in [6, 6.07) is 0. The predicted octanol–water partition coefficient (Wildman–Crippen LogP) is 2.48. The highest BCUT2D eigenvalue weighted by Gasteiger charge is 2.01. The van der Waals surface area contributed by atoms with E-state index in [0.29, 0.717) is 5.41 Å². The van der Waals surface area contributed by atoms with Gasteiger partial charge >= 0.3 is 0 Å². The maximum atomic E-state index is 3.93. The fourth-order valence-corrected chi connectivity index (χ4v) is 0.671. The first kappa shape index (κ1) is 7.09. The van der Waals surface area contributed by atoms with Crippen LogP contribution in [0.1, 0.15) is 20.8 Å². The molecule has 0 aromatic heterocycles. The summed E-state index contributed by atoms with van der Waals surface area (Å²) in [4.78, 5) is 0. The van der Waals surface area contributed by atoms with Gasteiger partial charge in [0.15, 0.2) is 0 Å². The lowest BCUT2D eigenvalue weighted by molar-refractivity contribution is 0.545. The topological polar surface area (TPSA) is 0 Å². The molecule has 0 aromatic carbocycles. The van der Waals surface area contributed by atoms with Gasteiger partial charge in [-0.05, 0) is 10.8 Å². The summed E-state index contributed by atoms with van der Waals surface area (Å²) in [5.74, 6) is 0. The van der Waals surface area contributed by atoms with Crippen molar-refractivity contribution in [1.29, 1.82) is 0 Å². The minimum atomic E-state index is 0.293. The molecule has 0 heterocycles. The summed E-state index contributed by atoms with van der Waals surface area (Å²) in [5, 5.41) is 1.78. The van der Waals surface area contributed by atoms with Gasteiger partial charge < -0.3 is 0 Å². The first-order valence-corrected chi connectivity index (χ1v) is 2.90. The molecule has 0 rings (SSSR count). The van der Waals surface area contributed by atoms with E-state index in [1.54, 1.807) is 5.41 Å². The Kier molecular flexibility index (Phi) is 2.44. The number of hydrogen-bond donors (Lipinski definition) is 1. The van der Waals surface area contributed by atoms with Crippen molar-refractivity contribution < 1.29 is 0 Å². The summed E-state index contributed by atoms with van der Waals surface area (Å²) < 4.78 is 0. The Morgan fingerprint density at radius 1 is 1.29 bits per heavy atom. The summed E-state index contributed by atoms with van der Waals surface area (Å²) in [6.45, 7) is 6.42. The first-order valence-electron chi connectivity index (χ1n) is 2.38. The van der Waals surface area contributed by atoms with Crippen molar-refractivity contribution in [3.05, 3.63) is 11.5 Å². The van der Waals surface area contributed by atoms with E-state index in [4.69, 9.17) is 0 Å². The smallest absolute Gasteiger partial charge is 0.0195 e. The summed E-state index contributed by atoms with van der Waals surface area (Å²) in [5.41, 5.74) is 0.293. The van der Waals surface area contributed by atoms with Crippen molar-refractivity contribution in [3.8, 4) is 0 Å². The van der Waals surface area contributed by atoms with Gasteiger partial charge in [0.1, 0.15) is 0 Å². The third-order valence-electron chi connectivity index (χ3n) is 0.575. The van der Waals surface area contributed by atoms with Crippen LogP contribution in [0.5, 0.6) is 0 Å². The van der Waals surface area contributed by atoms with E-state index >= 15 is 0 Å². The third kappa shape index (κ3) is 6.09. The van der Waals surface area contributed by atoms with Gasteiger partial charge in [-0.3, -0.25) is 0 Å². The van der Waals surface area contributed by atoms with Crippen molar-refractivity contribution in [2.24, 2.45) is 5.41 Å². The third-order valence-corrected chi connectivity index (χ3v) is 0.724. The Hall–Kier alpha value is 0.0900. The van der Waals surface area contributed by atoms with E-state index < -0.39 is 0 Å². The van der Waals surface area contributed by atoms with Crippen LogP contribution in [-0.4, -0.2) is 0 Å². The van der Waals surface area contributed by atoms with E-state index in [1.807, 2.05) is 0 Å². The highest BCUT2D eigenvalue weighted by molar-refractivity contribution is 7.83. The van der Waals surface area contributed by atoms with Crippen LogP contribution in [0, 0.1) is 5.41 Å². The summed E-state index contributed by atoms with van der Waals surface area (Å²) in [6.07, 6.45) is 2.05. The molecule has 0 amide bonds. The fraction of sp³-hybridized carbons (Fsp3) is 0.667. The van der Waals surface area contributed by atoms with Gasteiger partial charge in [-0.25, -0.2) is 0 Å². The highest BCUT2D eigenvalue weighted by Crippen LogP contribution is 2.14. The molecule has 0 spiro atoms. The number of allylic oxidation sites excluding steroid dienone is 1. The zero-order chi connectivity index (χ0) is 5.91. The van der Waals surface area contributed by atoms with Crippen molar-refractivity contribution in [3.63, 3.8) is 0 Å². The van der Waals surface area contributed by atoms with Gasteiger partial charge in [-0.1, -0.05) is 26.8 Å². The molecule has 0 bridgehead atoms.